The summed E-state index contributed by atoms with van der Waals surface area (Å²) in [5.74, 6) is 0. The van der Waals surface area contributed by atoms with Crippen LogP contribution in [0.3, 0.4) is 0 Å². The normalized spacial score (nSPS) is 11.6. The van der Waals surface area contributed by atoms with Crippen molar-refractivity contribution in [2.45, 2.75) is 143 Å². The third-order valence-corrected chi connectivity index (χ3v) is 6.90. The molecule has 0 saturated heterocycles. The highest BCUT2D eigenvalue weighted by Gasteiger charge is 2.14. The number of benzene rings is 1. The number of fused-ring (bicyclic) bond motifs is 1. The standard InChI is InChI=1S/C30H53N2O/c1-3-5-7-9-10-11-12-13-14-15-16-17-18-22-26-33-28-32-27-31(25-21-8-6-4-2)29-23-19-20-24-30(29)32/h19-20,23-24,27H,3-18,21-22,25-26,28H2,1-2H3/q+1. The highest BCUT2D eigenvalue weighted by Crippen LogP contribution is 2.14. The van der Waals surface area contributed by atoms with E-state index in [1.165, 1.54) is 127 Å². The van der Waals surface area contributed by atoms with Crippen molar-refractivity contribution in [3.63, 3.8) is 0 Å². The Bertz CT molecular complexity index is 708. The zero-order valence-electron chi connectivity index (χ0n) is 22.0. The van der Waals surface area contributed by atoms with Crippen LogP contribution in [-0.4, -0.2) is 11.2 Å². The van der Waals surface area contributed by atoms with Crippen LogP contribution in [0.15, 0.2) is 30.6 Å². The van der Waals surface area contributed by atoms with Crippen LogP contribution in [0, 0.1) is 0 Å². The van der Waals surface area contributed by atoms with Crippen LogP contribution >= 0.6 is 0 Å². The van der Waals surface area contributed by atoms with Crippen molar-refractivity contribution in [3.05, 3.63) is 30.6 Å². The molecule has 0 atom stereocenters. The van der Waals surface area contributed by atoms with Gasteiger partial charge in [0, 0.05) is 0 Å². The Labute approximate surface area is 204 Å². The Kier molecular flexibility index (Phi) is 16.1. The van der Waals surface area contributed by atoms with E-state index in [1.54, 1.807) is 0 Å². The minimum absolute atomic E-state index is 0.668. The van der Waals surface area contributed by atoms with Gasteiger partial charge in [0.2, 0.25) is 6.33 Å². The van der Waals surface area contributed by atoms with Gasteiger partial charge < -0.3 is 4.74 Å². The number of para-hydroxylation sites is 2. The van der Waals surface area contributed by atoms with Gasteiger partial charge in [0.25, 0.3) is 0 Å². The van der Waals surface area contributed by atoms with Crippen LogP contribution in [0.4, 0.5) is 0 Å². The van der Waals surface area contributed by atoms with Crippen molar-refractivity contribution in [1.82, 2.24) is 4.57 Å². The van der Waals surface area contributed by atoms with Crippen LogP contribution in [0.5, 0.6) is 0 Å². The predicted molar refractivity (Wildman–Crippen MR) is 143 cm³/mol. The van der Waals surface area contributed by atoms with E-state index in [-0.39, 0.29) is 0 Å². The van der Waals surface area contributed by atoms with Gasteiger partial charge in [-0.15, -0.1) is 0 Å². The molecule has 0 unspecified atom stereocenters. The summed E-state index contributed by atoms with van der Waals surface area (Å²) in [5, 5.41) is 0. The number of hydrogen-bond acceptors (Lipinski definition) is 1. The number of aryl methyl sites for hydroxylation is 1. The summed E-state index contributed by atoms with van der Waals surface area (Å²) < 4.78 is 10.7. The summed E-state index contributed by atoms with van der Waals surface area (Å²) in [5.41, 5.74) is 2.61. The van der Waals surface area contributed by atoms with Gasteiger partial charge in [-0.1, -0.05) is 122 Å². The van der Waals surface area contributed by atoms with E-state index in [9.17, 15) is 0 Å². The molecule has 0 aliphatic heterocycles. The van der Waals surface area contributed by atoms with Crippen molar-refractivity contribution < 1.29 is 9.30 Å². The molecule has 2 rings (SSSR count). The van der Waals surface area contributed by atoms with Crippen molar-refractivity contribution in [1.29, 1.82) is 0 Å². The van der Waals surface area contributed by atoms with Gasteiger partial charge in [-0.05, 0) is 31.4 Å². The molecule has 0 spiro atoms. The maximum Gasteiger partial charge on any atom is 0.246 e. The summed E-state index contributed by atoms with van der Waals surface area (Å²) in [4.78, 5) is 0. The summed E-state index contributed by atoms with van der Waals surface area (Å²) in [7, 11) is 0. The molecular weight excluding hydrogens is 404 g/mol. The fourth-order valence-electron chi connectivity index (χ4n) is 4.79. The van der Waals surface area contributed by atoms with E-state index >= 15 is 0 Å². The lowest BCUT2D eigenvalue weighted by molar-refractivity contribution is -0.710. The zero-order valence-corrected chi connectivity index (χ0v) is 22.0. The molecule has 0 aliphatic carbocycles. The van der Waals surface area contributed by atoms with Gasteiger partial charge in [0.15, 0.2) is 17.8 Å². The molecule has 0 N–H and O–H groups in total. The number of rotatable bonds is 22. The molecule has 2 aromatic rings. The topological polar surface area (TPSA) is 18.0 Å². The highest BCUT2D eigenvalue weighted by molar-refractivity contribution is 5.71. The fourth-order valence-corrected chi connectivity index (χ4v) is 4.79. The van der Waals surface area contributed by atoms with E-state index in [0.717, 1.165) is 13.2 Å². The van der Waals surface area contributed by atoms with Crippen molar-refractivity contribution in [2.24, 2.45) is 0 Å². The Morgan fingerprint density at radius 3 is 1.76 bits per heavy atom. The Balaban J connectivity index is 1.48. The molecule has 0 saturated carbocycles. The summed E-state index contributed by atoms with van der Waals surface area (Å²) >= 11 is 0. The van der Waals surface area contributed by atoms with E-state index < -0.39 is 0 Å². The summed E-state index contributed by atoms with van der Waals surface area (Å²) in [6.45, 7) is 7.21. The molecule has 1 aromatic heterocycles. The van der Waals surface area contributed by atoms with Gasteiger partial charge >= 0.3 is 0 Å². The SMILES string of the molecule is CCCCCCCCCCCCCCCCOC[n+]1cn(CCCCCC)c2ccccc21. The average molecular weight is 458 g/mol. The van der Waals surface area contributed by atoms with Gasteiger partial charge in [0.1, 0.15) is 0 Å². The van der Waals surface area contributed by atoms with Crippen LogP contribution in [-0.2, 0) is 18.0 Å². The molecule has 188 valence electrons. The minimum atomic E-state index is 0.668. The first-order chi connectivity index (χ1) is 16.4. The van der Waals surface area contributed by atoms with Gasteiger partial charge in [-0.3, -0.25) is 0 Å². The summed E-state index contributed by atoms with van der Waals surface area (Å²) in [6, 6.07) is 8.73. The van der Waals surface area contributed by atoms with Crippen LogP contribution in [0.1, 0.15) is 129 Å². The van der Waals surface area contributed by atoms with Gasteiger partial charge in [-0.25, -0.2) is 9.13 Å². The molecule has 0 bridgehead atoms. The molecule has 0 fully saturated rings. The van der Waals surface area contributed by atoms with Crippen molar-refractivity contribution in [3.8, 4) is 0 Å². The van der Waals surface area contributed by atoms with Gasteiger partial charge in [-0.2, -0.15) is 0 Å². The van der Waals surface area contributed by atoms with Crippen LogP contribution < -0.4 is 4.57 Å². The second-order valence-electron chi connectivity index (χ2n) is 9.96. The summed E-state index contributed by atoms with van der Waals surface area (Å²) in [6.07, 6.45) is 27.1. The quantitative estimate of drug-likeness (QED) is 0.127. The lowest BCUT2D eigenvalue weighted by Gasteiger charge is -2.04. The monoisotopic (exact) mass is 457 g/mol. The largest absolute Gasteiger partial charge is 0.342 e. The third-order valence-electron chi connectivity index (χ3n) is 6.90. The number of unbranched alkanes of at least 4 members (excludes halogenated alkanes) is 16. The second kappa shape index (κ2) is 19.0. The molecule has 33 heavy (non-hydrogen) atoms. The predicted octanol–water partition coefficient (Wildman–Crippen LogP) is 8.96. The Hall–Kier alpha value is -1.35. The van der Waals surface area contributed by atoms with Gasteiger partial charge in [0.05, 0.1) is 13.2 Å². The first-order valence-electron chi connectivity index (χ1n) is 14.4. The smallest absolute Gasteiger partial charge is 0.246 e. The van der Waals surface area contributed by atoms with Crippen molar-refractivity contribution >= 4 is 11.0 Å². The van der Waals surface area contributed by atoms with E-state index in [1.807, 2.05) is 0 Å². The molecule has 1 heterocycles. The maximum atomic E-state index is 6.04. The zero-order chi connectivity index (χ0) is 23.4. The Morgan fingerprint density at radius 1 is 0.636 bits per heavy atom. The number of imidazole rings is 1. The Morgan fingerprint density at radius 2 is 1.15 bits per heavy atom. The highest BCUT2D eigenvalue weighted by atomic mass is 16.5. The van der Waals surface area contributed by atoms with E-state index in [2.05, 4.69) is 53.6 Å². The van der Waals surface area contributed by atoms with Crippen LogP contribution in [0.2, 0.25) is 0 Å². The average Bonchev–Trinajstić information content (AvgIpc) is 3.19. The maximum absolute atomic E-state index is 6.04. The van der Waals surface area contributed by atoms with E-state index in [0.29, 0.717) is 6.73 Å². The molecule has 0 amide bonds. The molecular formula is C30H53N2O+. The molecule has 3 heteroatoms. The first kappa shape index (κ1) is 27.9. The lowest BCUT2D eigenvalue weighted by Crippen LogP contribution is -2.34. The number of ether oxygens (including phenoxy) is 1. The van der Waals surface area contributed by atoms with Crippen molar-refractivity contribution in [2.75, 3.05) is 6.61 Å². The molecule has 1 aromatic carbocycles. The molecule has 0 aliphatic rings. The minimum Gasteiger partial charge on any atom is -0.342 e. The molecule has 3 nitrogen and oxygen atoms in total. The number of hydrogen-bond donors (Lipinski definition) is 0. The van der Waals surface area contributed by atoms with Crippen LogP contribution in [0.25, 0.3) is 11.0 Å². The number of aromatic nitrogens is 2. The third kappa shape index (κ3) is 12.1. The first-order valence-corrected chi connectivity index (χ1v) is 14.4. The second-order valence-corrected chi connectivity index (χ2v) is 9.96. The molecule has 0 radical (unpaired) electrons. The number of nitrogens with zero attached hydrogens (tertiary/aromatic N) is 2. The fraction of sp³-hybridized carbons (Fsp3) is 0.767. The van der Waals surface area contributed by atoms with E-state index in [4.69, 9.17) is 4.74 Å². The lowest BCUT2D eigenvalue weighted by atomic mass is 10.0.